The molecular weight excluding hydrogens is 344 g/mol. The Morgan fingerprint density at radius 3 is 2.38 bits per heavy atom. The van der Waals surface area contributed by atoms with E-state index in [0.29, 0.717) is 12.3 Å². The van der Waals surface area contributed by atoms with Crippen molar-refractivity contribution in [1.82, 2.24) is 4.90 Å². The average molecular weight is 371 g/mol. The molecule has 0 atom stereocenters. The van der Waals surface area contributed by atoms with Gasteiger partial charge in [0.1, 0.15) is 0 Å². The van der Waals surface area contributed by atoms with Crippen molar-refractivity contribution < 1.29 is 9.53 Å². The zero-order valence-corrected chi connectivity index (χ0v) is 16.3. The summed E-state index contributed by atoms with van der Waals surface area (Å²) in [6, 6.07) is 16.8. The van der Waals surface area contributed by atoms with Crippen molar-refractivity contribution in [2.24, 2.45) is 0 Å². The van der Waals surface area contributed by atoms with E-state index in [2.05, 4.69) is 60.4 Å². The molecule has 3 rings (SSSR count). The molecule has 0 spiro atoms. The second-order valence-corrected chi connectivity index (χ2v) is 7.67. The molecule has 0 saturated carbocycles. The highest BCUT2D eigenvalue weighted by atomic mass is 32.2. The van der Waals surface area contributed by atoms with E-state index in [1.807, 2.05) is 7.05 Å². The number of carbonyl (C=O) groups is 1. The van der Waals surface area contributed by atoms with Crippen molar-refractivity contribution in [1.29, 1.82) is 0 Å². The first kappa shape index (κ1) is 18.8. The van der Waals surface area contributed by atoms with Gasteiger partial charge >= 0.3 is 0 Å². The molecule has 2 aromatic carbocycles. The predicted octanol–water partition coefficient (Wildman–Crippen LogP) is 3.58. The molecule has 138 valence electrons. The molecule has 1 amide bonds. The summed E-state index contributed by atoms with van der Waals surface area (Å²) >= 11 is 1.59. The molecule has 2 aromatic rings. The lowest BCUT2D eigenvalue weighted by molar-refractivity contribution is -0.127. The van der Waals surface area contributed by atoms with Crippen LogP contribution in [0.2, 0.25) is 0 Å². The summed E-state index contributed by atoms with van der Waals surface area (Å²) in [5.41, 5.74) is 3.61. The minimum Gasteiger partial charge on any atom is -0.378 e. The van der Waals surface area contributed by atoms with Crippen LogP contribution in [0.3, 0.4) is 0 Å². The van der Waals surface area contributed by atoms with Crippen molar-refractivity contribution in [3.63, 3.8) is 0 Å². The van der Waals surface area contributed by atoms with Crippen LogP contribution < -0.4 is 4.90 Å². The second kappa shape index (κ2) is 9.10. The molecular formula is C21H26N2O2S. The number of benzene rings is 2. The third-order valence-corrected chi connectivity index (χ3v) is 5.54. The first-order valence-corrected chi connectivity index (χ1v) is 9.95. The summed E-state index contributed by atoms with van der Waals surface area (Å²) in [5, 5.41) is 0. The van der Waals surface area contributed by atoms with Gasteiger partial charge in [-0.15, -0.1) is 11.8 Å². The highest BCUT2D eigenvalue weighted by Gasteiger charge is 2.12. The lowest BCUT2D eigenvalue weighted by Gasteiger charge is -2.29. The van der Waals surface area contributed by atoms with Crippen LogP contribution in [0.4, 0.5) is 5.69 Å². The topological polar surface area (TPSA) is 32.8 Å². The average Bonchev–Trinajstić information content (AvgIpc) is 2.68. The Morgan fingerprint density at radius 1 is 1.08 bits per heavy atom. The van der Waals surface area contributed by atoms with Crippen molar-refractivity contribution >= 4 is 23.4 Å². The van der Waals surface area contributed by atoms with Gasteiger partial charge in [0.2, 0.25) is 5.91 Å². The number of anilines is 1. The van der Waals surface area contributed by atoms with Crippen LogP contribution in [-0.4, -0.2) is 49.9 Å². The molecule has 0 radical (unpaired) electrons. The maximum absolute atomic E-state index is 12.4. The highest BCUT2D eigenvalue weighted by molar-refractivity contribution is 8.00. The van der Waals surface area contributed by atoms with Gasteiger partial charge in [0.05, 0.1) is 19.0 Å². The number of hydrogen-bond acceptors (Lipinski definition) is 4. The molecule has 1 aliphatic rings. The Morgan fingerprint density at radius 2 is 1.73 bits per heavy atom. The van der Waals surface area contributed by atoms with Gasteiger partial charge < -0.3 is 14.5 Å². The summed E-state index contributed by atoms with van der Waals surface area (Å²) in [4.78, 5) is 17.6. The molecule has 26 heavy (non-hydrogen) atoms. The minimum atomic E-state index is 0.146. The molecule has 5 heteroatoms. The SMILES string of the molecule is Cc1ccc(SCC(=O)N(C)Cc2ccc(N3CCOCC3)cc2)cc1. The number of carbonyl (C=O) groups excluding carboxylic acids is 1. The van der Waals surface area contributed by atoms with E-state index >= 15 is 0 Å². The van der Waals surface area contributed by atoms with Crippen LogP contribution in [0.15, 0.2) is 53.4 Å². The van der Waals surface area contributed by atoms with E-state index in [1.54, 1.807) is 16.7 Å². The first-order chi connectivity index (χ1) is 12.6. The van der Waals surface area contributed by atoms with Crippen molar-refractivity contribution in [3.05, 3.63) is 59.7 Å². The number of hydrogen-bond donors (Lipinski definition) is 0. The first-order valence-electron chi connectivity index (χ1n) is 8.97. The molecule has 1 fully saturated rings. The standard InChI is InChI=1S/C21H26N2O2S/c1-17-3-9-20(10-4-17)26-16-21(24)22(2)15-18-5-7-19(8-6-18)23-11-13-25-14-12-23/h3-10H,11-16H2,1-2H3. The number of amides is 1. The van der Waals surface area contributed by atoms with Gasteiger partial charge in [0, 0.05) is 37.3 Å². The fourth-order valence-electron chi connectivity index (χ4n) is 2.89. The van der Waals surface area contributed by atoms with Gasteiger partial charge in [0.25, 0.3) is 0 Å². The number of morpholine rings is 1. The van der Waals surface area contributed by atoms with Crippen LogP contribution in [-0.2, 0) is 16.1 Å². The second-order valence-electron chi connectivity index (χ2n) is 6.62. The van der Waals surface area contributed by atoms with Crippen LogP contribution in [0.25, 0.3) is 0 Å². The van der Waals surface area contributed by atoms with E-state index in [9.17, 15) is 4.79 Å². The Bertz CT molecular complexity index is 710. The maximum Gasteiger partial charge on any atom is 0.232 e. The molecule has 1 saturated heterocycles. The molecule has 0 bridgehead atoms. The zero-order valence-electron chi connectivity index (χ0n) is 15.5. The predicted molar refractivity (Wildman–Crippen MR) is 108 cm³/mol. The van der Waals surface area contributed by atoms with Crippen LogP contribution in [0.5, 0.6) is 0 Å². The van der Waals surface area contributed by atoms with Gasteiger partial charge in [-0.1, -0.05) is 29.8 Å². The lowest BCUT2D eigenvalue weighted by atomic mass is 10.2. The molecule has 0 N–H and O–H groups in total. The van der Waals surface area contributed by atoms with Crippen molar-refractivity contribution in [2.75, 3.05) is 44.0 Å². The largest absolute Gasteiger partial charge is 0.378 e. The number of rotatable bonds is 6. The summed E-state index contributed by atoms with van der Waals surface area (Å²) in [6.07, 6.45) is 0. The van der Waals surface area contributed by atoms with Gasteiger partial charge in [-0.3, -0.25) is 4.79 Å². The fraction of sp³-hybridized carbons (Fsp3) is 0.381. The summed E-state index contributed by atoms with van der Waals surface area (Å²) in [6.45, 7) is 6.16. The highest BCUT2D eigenvalue weighted by Crippen LogP contribution is 2.20. The number of ether oxygens (including phenoxy) is 1. The normalized spacial score (nSPS) is 14.3. The molecule has 1 heterocycles. The van der Waals surface area contributed by atoms with Gasteiger partial charge in [-0.2, -0.15) is 0 Å². The molecule has 4 nitrogen and oxygen atoms in total. The summed E-state index contributed by atoms with van der Waals surface area (Å²) in [5.74, 6) is 0.610. The van der Waals surface area contributed by atoms with Gasteiger partial charge in [0.15, 0.2) is 0 Å². The Balaban J connectivity index is 1.49. The molecule has 0 aromatic heterocycles. The van der Waals surface area contributed by atoms with Crippen LogP contribution >= 0.6 is 11.8 Å². The third-order valence-electron chi connectivity index (χ3n) is 4.54. The van der Waals surface area contributed by atoms with E-state index in [-0.39, 0.29) is 5.91 Å². The van der Waals surface area contributed by atoms with Crippen molar-refractivity contribution in [3.8, 4) is 0 Å². The monoisotopic (exact) mass is 370 g/mol. The third kappa shape index (κ3) is 5.26. The lowest BCUT2D eigenvalue weighted by Crippen LogP contribution is -2.36. The maximum atomic E-state index is 12.4. The van der Waals surface area contributed by atoms with Crippen LogP contribution in [0, 0.1) is 6.92 Å². The van der Waals surface area contributed by atoms with E-state index in [0.717, 1.165) is 36.8 Å². The van der Waals surface area contributed by atoms with E-state index < -0.39 is 0 Å². The summed E-state index contributed by atoms with van der Waals surface area (Å²) < 4.78 is 5.40. The Kier molecular flexibility index (Phi) is 6.58. The Labute approximate surface area is 160 Å². The van der Waals surface area contributed by atoms with Gasteiger partial charge in [-0.05, 0) is 36.8 Å². The van der Waals surface area contributed by atoms with E-state index in [4.69, 9.17) is 4.74 Å². The smallest absolute Gasteiger partial charge is 0.232 e. The Hall–Kier alpha value is -1.98. The quantitative estimate of drug-likeness (QED) is 0.728. The minimum absolute atomic E-state index is 0.146. The fourth-order valence-corrected chi connectivity index (χ4v) is 3.72. The molecule has 1 aliphatic heterocycles. The number of thioether (sulfide) groups is 1. The number of nitrogens with zero attached hydrogens (tertiary/aromatic N) is 2. The zero-order chi connectivity index (χ0) is 18.4. The summed E-state index contributed by atoms with van der Waals surface area (Å²) in [7, 11) is 1.87. The van der Waals surface area contributed by atoms with Gasteiger partial charge in [-0.25, -0.2) is 0 Å². The number of aryl methyl sites for hydroxylation is 1. The van der Waals surface area contributed by atoms with Crippen LogP contribution in [0.1, 0.15) is 11.1 Å². The molecule has 0 aliphatic carbocycles. The van der Waals surface area contributed by atoms with E-state index in [1.165, 1.54) is 11.3 Å². The molecule has 0 unspecified atom stereocenters. The van der Waals surface area contributed by atoms with Crippen molar-refractivity contribution in [2.45, 2.75) is 18.4 Å².